The van der Waals surface area contributed by atoms with E-state index >= 15 is 0 Å². The Morgan fingerprint density at radius 1 is 0.525 bits per heavy atom. The quantitative estimate of drug-likeness (QED) is 0.152. The maximum Gasteiger partial charge on any atom is 0.333 e. The van der Waals surface area contributed by atoms with Crippen molar-refractivity contribution in [2.45, 2.75) is 58.3 Å². The summed E-state index contributed by atoms with van der Waals surface area (Å²) in [7, 11) is 0. The van der Waals surface area contributed by atoms with Crippen molar-refractivity contribution in [3.63, 3.8) is 0 Å². The number of aromatic nitrogens is 2. The molecule has 14 rings (SSSR count). The van der Waals surface area contributed by atoms with E-state index < -0.39 is 0 Å². The largest absolute Gasteiger partial charge is 0.376 e. The highest BCUT2D eigenvalue weighted by atomic mass is 15.1. The van der Waals surface area contributed by atoms with Gasteiger partial charge in [0.05, 0.1) is 27.6 Å². The van der Waals surface area contributed by atoms with E-state index in [0.717, 1.165) is 0 Å². The summed E-state index contributed by atoms with van der Waals surface area (Å²) in [6.45, 7) is 12.2. The second kappa shape index (κ2) is 10.6. The van der Waals surface area contributed by atoms with Crippen LogP contribution < -0.4 is 15.7 Å². The second-order valence-electron chi connectivity index (χ2n) is 19.1. The van der Waals surface area contributed by atoms with E-state index in [0.29, 0.717) is 0 Å². The van der Waals surface area contributed by atoms with E-state index in [1.807, 2.05) is 0 Å². The summed E-state index contributed by atoms with van der Waals surface area (Å²) in [5.74, 6) is 0. The molecule has 2 aliphatic heterocycles. The predicted molar refractivity (Wildman–Crippen MR) is 252 cm³/mol. The lowest BCUT2D eigenvalue weighted by molar-refractivity contribution is 0.332. The fourth-order valence-electron chi connectivity index (χ4n) is 12.3. The van der Waals surface area contributed by atoms with E-state index in [1.54, 1.807) is 0 Å². The third-order valence-corrected chi connectivity index (χ3v) is 15.1. The van der Waals surface area contributed by atoms with Crippen LogP contribution in [0.2, 0.25) is 0 Å². The molecule has 0 fully saturated rings. The van der Waals surface area contributed by atoms with Gasteiger partial charge in [0.1, 0.15) is 0 Å². The Kier molecular flexibility index (Phi) is 5.81. The summed E-state index contributed by atoms with van der Waals surface area (Å²) in [6, 6.07) is 53.8. The Hall–Kier alpha value is -6.52. The highest BCUT2D eigenvalue weighted by Crippen LogP contribution is 2.56. The molecule has 280 valence electrons. The molecule has 3 nitrogen and oxygen atoms in total. The summed E-state index contributed by atoms with van der Waals surface area (Å²) in [5.41, 5.74) is 20.3. The Labute approximate surface area is 343 Å². The molecule has 0 unspecified atom stereocenters. The minimum Gasteiger partial charge on any atom is -0.376 e. The van der Waals surface area contributed by atoms with Crippen LogP contribution in [-0.2, 0) is 10.8 Å². The number of aryl methyl sites for hydroxylation is 1. The van der Waals surface area contributed by atoms with E-state index in [2.05, 4.69) is 188 Å². The lowest BCUT2D eigenvalue weighted by atomic mass is 9.43. The molecular weight excluding hydrogens is 713 g/mol. The molecule has 0 saturated carbocycles. The molecule has 11 aromatic rings. The average molecular weight is 756 g/mol. The van der Waals surface area contributed by atoms with E-state index in [-0.39, 0.29) is 17.7 Å². The van der Waals surface area contributed by atoms with Crippen LogP contribution in [0.1, 0.15) is 57.2 Å². The number of benzene rings is 8. The summed E-state index contributed by atoms with van der Waals surface area (Å²) < 4.78 is 5.16. The van der Waals surface area contributed by atoms with Gasteiger partial charge in [0, 0.05) is 54.9 Å². The number of fused-ring (bicyclic) bond motifs is 17. The molecule has 3 aliphatic rings. The molecule has 8 aromatic carbocycles. The number of nitrogens with zero attached hydrogens (tertiary/aromatic N) is 3. The van der Waals surface area contributed by atoms with Gasteiger partial charge in [0.25, 0.3) is 0 Å². The summed E-state index contributed by atoms with van der Waals surface area (Å²) in [6.07, 6.45) is 2.37. The van der Waals surface area contributed by atoms with Gasteiger partial charge < -0.3 is 13.8 Å². The third kappa shape index (κ3) is 3.79. The Balaban J connectivity index is 1.26. The molecule has 1 aliphatic carbocycles. The van der Waals surface area contributed by atoms with Gasteiger partial charge in [-0.15, -0.1) is 0 Å². The minimum absolute atomic E-state index is 0.0595. The van der Waals surface area contributed by atoms with Crippen LogP contribution in [-0.4, -0.2) is 15.8 Å². The maximum atomic E-state index is 2.83. The maximum absolute atomic E-state index is 2.83. The number of para-hydroxylation sites is 4. The van der Waals surface area contributed by atoms with Crippen molar-refractivity contribution in [3.8, 4) is 16.8 Å². The zero-order valence-corrected chi connectivity index (χ0v) is 34.1. The van der Waals surface area contributed by atoms with E-state index in [1.165, 1.54) is 139 Å². The Morgan fingerprint density at radius 2 is 1.14 bits per heavy atom. The van der Waals surface area contributed by atoms with Gasteiger partial charge in [-0.1, -0.05) is 131 Å². The Morgan fingerprint density at radius 3 is 1.90 bits per heavy atom. The highest BCUT2D eigenvalue weighted by Gasteiger charge is 2.47. The van der Waals surface area contributed by atoms with Crippen molar-refractivity contribution in [2.75, 3.05) is 4.81 Å². The first-order valence-corrected chi connectivity index (χ1v) is 21.4. The molecule has 0 radical (unpaired) electrons. The minimum atomic E-state index is -0.0617. The van der Waals surface area contributed by atoms with E-state index in [4.69, 9.17) is 0 Å². The topological polar surface area (TPSA) is 12.6 Å². The number of anilines is 2. The van der Waals surface area contributed by atoms with Gasteiger partial charge in [-0.25, -0.2) is 0 Å². The molecular formula is C55H42BN3. The van der Waals surface area contributed by atoms with Crippen molar-refractivity contribution < 1.29 is 0 Å². The monoisotopic (exact) mass is 755 g/mol. The smallest absolute Gasteiger partial charge is 0.333 e. The van der Waals surface area contributed by atoms with Gasteiger partial charge in [-0.3, -0.25) is 0 Å². The van der Waals surface area contributed by atoms with Crippen LogP contribution in [0.15, 0.2) is 140 Å². The molecule has 0 amide bonds. The van der Waals surface area contributed by atoms with Crippen LogP contribution in [0.4, 0.5) is 11.4 Å². The molecule has 4 heteroatoms. The van der Waals surface area contributed by atoms with Crippen LogP contribution in [0.3, 0.4) is 0 Å². The first-order valence-electron chi connectivity index (χ1n) is 21.4. The van der Waals surface area contributed by atoms with Crippen molar-refractivity contribution in [3.05, 3.63) is 156 Å². The summed E-state index contributed by atoms with van der Waals surface area (Å²) in [4.78, 5) is 2.83. The molecule has 0 N–H and O–H groups in total. The molecule has 0 spiro atoms. The molecule has 5 heterocycles. The Bertz CT molecular complexity index is 3710. The highest BCUT2D eigenvalue weighted by molar-refractivity contribution is 6.94. The lowest BCUT2D eigenvalue weighted by Gasteiger charge is -2.46. The van der Waals surface area contributed by atoms with Crippen LogP contribution in [0, 0.1) is 6.92 Å². The van der Waals surface area contributed by atoms with Crippen molar-refractivity contribution in [2.24, 2.45) is 0 Å². The van der Waals surface area contributed by atoms with Crippen molar-refractivity contribution in [1.29, 1.82) is 0 Å². The van der Waals surface area contributed by atoms with Crippen LogP contribution in [0.5, 0.6) is 0 Å². The van der Waals surface area contributed by atoms with Gasteiger partial charge in [0.2, 0.25) is 0 Å². The molecule has 0 atom stereocenters. The normalized spacial score (nSPS) is 16.3. The number of rotatable bonds is 1. The van der Waals surface area contributed by atoms with Gasteiger partial charge in [0.15, 0.2) is 0 Å². The molecule has 59 heavy (non-hydrogen) atoms. The van der Waals surface area contributed by atoms with Gasteiger partial charge in [-0.2, -0.15) is 0 Å². The van der Waals surface area contributed by atoms with Crippen LogP contribution >= 0.6 is 0 Å². The zero-order chi connectivity index (χ0) is 39.3. The lowest BCUT2D eigenvalue weighted by Crippen LogP contribution is -2.61. The predicted octanol–water partition coefficient (Wildman–Crippen LogP) is 13.0. The zero-order valence-electron chi connectivity index (χ0n) is 34.1. The summed E-state index contributed by atoms with van der Waals surface area (Å²) in [5, 5.41) is 10.5. The van der Waals surface area contributed by atoms with Crippen molar-refractivity contribution in [1.82, 2.24) is 8.97 Å². The molecule has 0 saturated heterocycles. The van der Waals surface area contributed by atoms with Gasteiger partial charge in [-0.05, 0) is 111 Å². The number of hydrogen-bond acceptors (Lipinski definition) is 1. The fourth-order valence-corrected chi connectivity index (χ4v) is 12.3. The number of hydrogen-bond donors (Lipinski definition) is 0. The van der Waals surface area contributed by atoms with Crippen LogP contribution in [0.25, 0.3) is 87.5 Å². The fraction of sp³-hybridized carbons (Fsp3) is 0.164. The third-order valence-electron chi connectivity index (χ3n) is 15.1. The SMILES string of the molecule is Cc1cc2c(cc1N1B3c4c(cc5ccccc5c4-c4cc5c6ccccc6n6c7ccccc7c(c41)c56)-n1c4ccccc4c4cccc3c41)C(C)(C)CCC2(C)C. The summed E-state index contributed by atoms with van der Waals surface area (Å²) >= 11 is 0. The average Bonchev–Trinajstić information content (AvgIpc) is 3.89. The van der Waals surface area contributed by atoms with Crippen molar-refractivity contribution >= 4 is 99.8 Å². The first-order chi connectivity index (χ1) is 28.7. The second-order valence-corrected chi connectivity index (χ2v) is 19.1. The first kappa shape index (κ1) is 32.4. The standard InChI is InChI=1S/C55H42BN3/c1-31-27-40-41(55(4,5)26-25-54(40,2)3)30-46(31)59-53-39(29-38-35-18-9-12-23-44(35)57-45-24-13-10-19-37(45)49(53)52(38)57)48-33-16-7-6-15-32(33)28-47-50(48)56(59)42-21-14-20-36-34-17-8-11-22-43(34)58(47)51(36)42/h6-24,27-30H,25-26H2,1-5H3. The van der Waals surface area contributed by atoms with E-state index in [9.17, 15) is 0 Å². The molecule has 0 bridgehead atoms. The van der Waals surface area contributed by atoms with Gasteiger partial charge >= 0.3 is 6.85 Å². The molecule has 3 aromatic heterocycles.